The van der Waals surface area contributed by atoms with E-state index in [-0.39, 0.29) is 40.9 Å². The van der Waals surface area contributed by atoms with Crippen LogP contribution in [0.15, 0.2) is 67.6 Å². The summed E-state index contributed by atoms with van der Waals surface area (Å²) in [5.74, 6) is -0.754. The number of aromatic hydroxyl groups is 1. The molecule has 1 aliphatic rings. The Labute approximate surface area is 237 Å². The van der Waals surface area contributed by atoms with Gasteiger partial charge >= 0.3 is 0 Å². The van der Waals surface area contributed by atoms with Crippen LogP contribution >= 0.6 is 0 Å². The third-order valence-electron chi connectivity index (χ3n) is 7.33. The van der Waals surface area contributed by atoms with Crippen molar-refractivity contribution in [2.75, 3.05) is 7.11 Å². The van der Waals surface area contributed by atoms with E-state index in [1.807, 2.05) is 52.8 Å². The minimum absolute atomic E-state index is 0.00475. The molecule has 0 radical (unpaired) electrons. The number of ether oxygens (including phenoxy) is 1. The van der Waals surface area contributed by atoms with Crippen LogP contribution in [0.2, 0.25) is 0 Å². The van der Waals surface area contributed by atoms with Crippen molar-refractivity contribution in [2.24, 2.45) is 0 Å². The molecule has 214 valence electrons. The van der Waals surface area contributed by atoms with Crippen LogP contribution in [0.1, 0.15) is 91.0 Å². The molecule has 0 saturated carbocycles. The summed E-state index contributed by atoms with van der Waals surface area (Å²) in [6.07, 6.45) is 11.8. The zero-order valence-electron chi connectivity index (χ0n) is 25.0. The number of phenols is 1. The van der Waals surface area contributed by atoms with Gasteiger partial charge in [-0.2, -0.15) is 0 Å². The number of allylic oxidation sites excluding steroid dienone is 9. The predicted molar refractivity (Wildman–Crippen MR) is 162 cm³/mol. The van der Waals surface area contributed by atoms with Gasteiger partial charge in [0, 0.05) is 17.7 Å². The SMILES string of the molecule is COc1cc(O)c2c(=O)c3c(oc2c1CC=C(C)C)C=C(O)C(=O)C3(CC=C(C)C)CC=C(C)CCC=C(C)C. The molecule has 3 rings (SSSR count). The van der Waals surface area contributed by atoms with Gasteiger partial charge in [0.1, 0.15) is 28.2 Å². The quantitative estimate of drug-likeness (QED) is 0.292. The molecular weight excluding hydrogens is 504 g/mol. The highest BCUT2D eigenvalue weighted by Gasteiger charge is 2.47. The van der Waals surface area contributed by atoms with Crippen molar-refractivity contribution in [3.63, 3.8) is 0 Å². The van der Waals surface area contributed by atoms with Crippen molar-refractivity contribution in [2.45, 2.75) is 86.0 Å². The van der Waals surface area contributed by atoms with E-state index in [9.17, 15) is 19.8 Å². The monoisotopic (exact) mass is 546 g/mol. The molecule has 40 heavy (non-hydrogen) atoms. The Kier molecular flexibility index (Phi) is 9.67. The van der Waals surface area contributed by atoms with E-state index in [1.165, 1.54) is 24.8 Å². The Morgan fingerprint density at radius 1 is 0.925 bits per heavy atom. The van der Waals surface area contributed by atoms with Crippen LogP contribution in [0.4, 0.5) is 0 Å². The number of fused-ring (bicyclic) bond motifs is 2. The van der Waals surface area contributed by atoms with E-state index in [0.29, 0.717) is 17.7 Å². The molecule has 2 aromatic rings. The number of hydrogen-bond donors (Lipinski definition) is 2. The second-order valence-electron chi connectivity index (χ2n) is 11.4. The lowest BCUT2D eigenvalue weighted by molar-refractivity contribution is -0.123. The molecule has 0 saturated heterocycles. The highest BCUT2D eigenvalue weighted by Crippen LogP contribution is 2.44. The van der Waals surface area contributed by atoms with Crippen molar-refractivity contribution >= 4 is 22.8 Å². The van der Waals surface area contributed by atoms with E-state index >= 15 is 0 Å². The first-order chi connectivity index (χ1) is 18.8. The minimum atomic E-state index is -1.38. The summed E-state index contributed by atoms with van der Waals surface area (Å²) in [5.41, 5.74) is 3.44. The number of aliphatic hydroxyl groups is 1. The van der Waals surface area contributed by atoms with Crippen LogP contribution in [-0.2, 0) is 16.6 Å². The fourth-order valence-corrected chi connectivity index (χ4v) is 5.07. The van der Waals surface area contributed by atoms with Gasteiger partial charge < -0.3 is 19.4 Å². The standard InChI is InChI=1S/C34H42O6/c1-20(2)10-9-11-23(7)15-17-34(16-14-22(5)6)30-28(19-26(36)33(34)38)40-32-24(13-12-21(3)4)27(39-8)18-25(35)29(32)31(30)37/h10,12,14-15,18-19,35-36H,9,11,13,16-17H2,1-8H3. The van der Waals surface area contributed by atoms with Crippen molar-refractivity contribution in [1.82, 2.24) is 0 Å². The van der Waals surface area contributed by atoms with Crippen LogP contribution in [0.25, 0.3) is 17.0 Å². The molecule has 1 aromatic heterocycles. The molecule has 1 heterocycles. The first-order valence-electron chi connectivity index (χ1n) is 13.7. The predicted octanol–water partition coefficient (Wildman–Crippen LogP) is 8.17. The normalized spacial score (nSPS) is 16.8. The Balaban J connectivity index is 2.36. The lowest BCUT2D eigenvalue weighted by atomic mass is 9.67. The van der Waals surface area contributed by atoms with Crippen LogP contribution < -0.4 is 10.2 Å². The van der Waals surface area contributed by atoms with Gasteiger partial charge in [0.2, 0.25) is 11.2 Å². The number of methoxy groups -OCH3 is 1. The van der Waals surface area contributed by atoms with Gasteiger partial charge in [-0.25, -0.2) is 0 Å². The number of carbonyl (C=O) groups excluding carboxylic acids is 1. The summed E-state index contributed by atoms with van der Waals surface area (Å²) in [5, 5.41) is 21.9. The van der Waals surface area contributed by atoms with Crippen LogP contribution in [0, 0.1) is 0 Å². The topological polar surface area (TPSA) is 97.0 Å². The third kappa shape index (κ3) is 6.33. The highest BCUT2D eigenvalue weighted by atomic mass is 16.5. The van der Waals surface area contributed by atoms with E-state index in [1.54, 1.807) is 0 Å². The highest BCUT2D eigenvalue weighted by molar-refractivity contribution is 6.08. The van der Waals surface area contributed by atoms with Gasteiger partial charge in [0.05, 0.1) is 18.1 Å². The average Bonchev–Trinajstić information content (AvgIpc) is 2.87. The lowest BCUT2D eigenvalue weighted by Gasteiger charge is -2.34. The van der Waals surface area contributed by atoms with Crippen LogP contribution in [0.5, 0.6) is 11.5 Å². The summed E-state index contributed by atoms with van der Waals surface area (Å²) >= 11 is 0. The number of carbonyl (C=O) groups is 1. The largest absolute Gasteiger partial charge is 0.507 e. The van der Waals surface area contributed by atoms with Gasteiger partial charge in [-0.3, -0.25) is 9.59 Å². The summed E-state index contributed by atoms with van der Waals surface area (Å²) in [6, 6.07) is 1.42. The van der Waals surface area contributed by atoms with Crippen molar-refractivity contribution in [1.29, 1.82) is 0 Å². The molecule has 1 atom stereocenters. The molecule has 1 aliphatic carbocycles. The number of phenolic OH excluding ortho intramolecular Hbond substituents is 1. The maximum atomic E-state index is 14.3. The number of aliphatic hydroxyl groups excluding tert-OH is 1. The minimum Gasteiger partial charge on any atom is -0.507 e. The second kappa shape index (κ2) is 12.6. The van der Waals surface area contributed by atoms with Crippen LogP contribution in [0.3, 0.4) is 0 Å². The fourth-order valence-electron chi connectivity index (χ4n) is 5.07. The summed E-state index contributed by atoms with van der Waals surface area (Å²) in [4.78, 5) is 28.1. The molecule has 0 aliphatic heterocycles. The molecule has 6 nitrogen and oxygen atoms in total. The van der Waals surface area contributed by atoms with Gasteiger partial charge in [0.15, 0.2) is 5.76 Å². The van der Waals surface area contributed by atoms with E-state index < -0.39 is 22.4 Å². The summed E-state index contributed by atoms with van der Waals surface area (Å²) in [6.45, 7) is 13.9. The molecule has 0 fully saturated rings. The Bertz CT molecular complexity index is 1510. The van der Waals surface area contributed by atoms with Crippen molar-refractivity contribution < 1.29 is 24.2 Å². The van der Waals surface area contributed by atoms with Gasteiger partial charge in [-0.15, -0.1) is 0 Å². The molecule has 1 aromatic carbocycles. The van der Waals surface area contributed by atoms with Crippen molar-refractivity contribution in [3.05, 3.63) is 85.5 Å². The number of benzene rings is 1. The van der Waals surface area contributed by atoms with E-state index in [4.69, 9.17) is 9.15 Å². The zero-order chi connectivity index (χ0) is 29.8. The second-order valence-corrected chi connectivity index (χ2v) is 11.4. The first-order valence-corrected chi connectivity index (χ1v) is 13.7. The smallest absolute Gasteiger partial charge is 0.208 e. The fraction of sp³-hybridized carbons (Fsp3) is 0.412. The van der Waals surface area contributed by atoms with Gasteiger partial charge in [0.25, 0.3) is 0 Å². The summed E-state index contributed by atoms with van der Waals surface area (Å²) < 4.78 is 11.8. The number of Topliss-reactive ketones (excluding diaryl/α,β-unsaturated/α-hetero) is 1. The number of ketones is 1. The average molecular weight is 547 g/mol. The third-order valence-corrected chi connectivity index (χ3v) is 7.33. The van der Waals surface area contributed by atoms with E-state index in [0.717, 1.165) is 29.6 Å². The summed E-state index contributed by atoms with van der Waals surface area (Å²) in [7, 11) is 1.49. The van der Waals surface area contributed by atoms with E-state index in [2.05, 4.69) is 19.9 Å². The van der Waals surface area contributed by atoms with Crippen LogP contribution in [-0.4, -0.2) is 23.1 Å². The number of rotatable bonds is 10. The molecule has 0 amide bonds. The Hall–Kier alpha value is -3.80. The molecule has 6 heteroatoms. The zero-order valence-corrected chi connectivity index (χ0v) is 25.0. The maximum Gasteiger partial charge on any atom is 0.208 e. The molecule has 2 N–H and O–H groups in total. The van der Waals surface area contributed by atoms with Gasteiger partial charge in [-0.1, -0.05) is 46.6 Å². The maximum absolute atomic E-state index is 14.3. The van der Waals surface area contributed by atoms with Gasteiger partial charge in [-0.05, 0) is 80.6 Å². The number of hydrogen-bond acceptors (Lipinski definition) is 6. The Morgan fingerprint density at radius 3 is 2.15 bits per heavy atom. The molecule has 0 bridgehead atoms. The first kappa shape index (κ1) is 30.7. The Morgan fingerprint density at radius 2 is 1.55 bits per heavy atom. The molecular formula is C34H42O6. The lowest BCUT2D eigenvalue weighted by Crippen LogP contribution is -2.43. The van der Waals surface area contributed by atoms with Crippen molar-refractivity contribution in [3.8, 4) is 11.5 Å². The molecule has 1 unspecified atom stereocenters. The molecule has 0 spiro atoms.